The zero-order valence-electron chi connectivity index (χ0n) is 15.9. The fraction of sp³-hybridized carbons (Fsp3) is 0.429. The van der Waals surface area contributed by atoms with Crippen LogP contribution in [0.1, 0.15) is 46.6 Å². The van der Waals surface area contributed by atoms with Crippen molar-refractivity contribution in [3.63, 3.8) is 0 Å². The summed E-state index contributed by atoms with van der Waals surface area (Å²) < 4.78 is -0.759. The summed E-state index contributed by atoms with van der Waals surface area (Å²) in [7, 11) is 1.57. The van der Waals surface area contributed by atoms with Crippen molar-refractivity contribution in [2.45, 2.75) is 45.8 Å². The zero-order valence-corrected chi connectivity index (χ0v) is 16.7. The Hall–Kier alpha value is -1.81. The second-order valence-electron chi connectivity index (χ2n) is 6.82. The Morgan fingerprint density at radius 1 is 1.08 bits per heavy atom. The first-order valence-electron chi connectivity index (χ1n) is 8.74. The highest BCUT2D eigenvalue weighted by Gasteiger charge is 2.57. The number of nitrogens with zero attached hydrogens (tertiary/aromatic N) is 1. The summed E-state index contributed by atoms with van der Waals surface area (Å²) in [5.41, 5.74) is 3.26. The van der Waals surface area contributed by atoms with E-state index in [4.69, 9.17) is 0 Å². The van der Waals surface area contributed by atoms with Gasteiger partial charge in [0.25, 0.3) is 5.24 Å². The molecule has 4 heteroatoms. The van der Waals surface area contributed by atoms with Crippen LogP contribution in [0, 0.1) is 5.41 Å². The molecule has 0 spiro atoms. The van der Waals surface area contributed by atoms with Gasteiger partial charge in [-0.3, -0.25) is 14.5 Å². The molecule has 0 N–H and O–H groups in total. The van der Waals surface area contributed by atoms with Crippen LogP contribution < -0.4 is 0 Å². The van der Waals surface area contributed by atoms with Crippen LogP contribution >= 0.6 is 11.8 Å². The zero-order chi connectivity index (χ0) is 18.8. The minimum Gasteiger partial charge on any atom is -0.275 e. The molecule has 0 bridgehead atoms. The molecule has 1 aliphatic heterocycles. The fourth-order valence-electron chi connectivity index (χ4n) is 3.20. The molecule has 0 saturated carbocycles. The third-order valence-electron chi connectivity index (χ3n) is 5.28. The maximum atomic E-state index is 12.6. The van der Waals surface area contributed by atoms with Gasteiger partial charge in [0.05, 0.1) is 0 Å². The summed E-state index contributed by atoms with van der Waals surface area (Å²) in [6, 6.07) is 10.3. The van der Waals surface area contributed by atoms with Crippen LogP contribution in [0.5, 0.6) is 0 Å². The summed E-state index contributed by atoms with van der Waals surface area (Å²) >= 11 is 1.15. The van der Waals surface area contributed by atoms with E-state index in [2.05, 4.69) is 38.1 Å². The second kappa shape index (κ2) is 7.20. The molecule has 3 rings (SSSR count). The van der Waals surface area contributed by atoms with Crippen LogP contribution in [0.25, 0.3) is 5.57 Å². The van der Waals surface area contributed by atoms with E-state index in [9.17, 15) is 9.59 Å². The van der Waals surface area contributed by atoms with Gasteiger partial charge in [0.1, 0.15) is 4.75 Å². The van der Waals surface area contributed by atoms with Gasteiger partial charge in [0.15, 0.2) is 0 Å². The molecule has 1 saturated heterocycles. The molecule has 1 fully saturated rings. The van der Waals surface area contributed by atoms with Gasteiger partial charge in [-0.1, -0.05) is 75.8 Å². The topological polar surface area (TPSA) is 37.4 Å². The van der Waals surface area contributed by atoms with E-state index in [1.807, 2.05) is 39.0 Å². The lowest BCUT2D eigenvalue weighted by molar-refractivity contribution is -0.130. The number of benzene rings is 1. The number of thioether (sulfide) groups is 1. The SMILES string of the molecule is CC.CN1C(=O)SC(C)(C(C)(C)C2=CC=C(c3ccccc3)C2)C1=O. The molecule has 1 heterocycles. The largest absolute Gasteiger partial charge is 0.289 e. The molecule has 25 heavy (non-hydrogen) atoms. The quantitative estimate of drug-likeness (QED) is 0.713. The van der Waals surface area contributed by atoms with Gasteiger partial charge >= 0.3 is 0 Å². The van der Waals surface area contributed by atoms with Crippen LogP contribution in [-0.2, 0) is 4.79 Å². The standard InChI is InChI=1S/C19H21NO2S.C2H6/c1-18(2,19(3)16(21)20(4)17(22)23-19)15-11-10-14(12-15)13-8-6-5-7-9-13;1-2/h5-11H,12H2,1-4H3;1-2H3. The van der Waals surface area contributed by atoms with Crippen molar-refractivity contribution >= 4 is 28.5 Å². The highest BCUT2D eigenvalue weighted by Crippen LogP contribution is 2.54. The lowest BCUT2D eigenvalue weighted by atomic mass is 9.71. The molecule has 3 nitrogen and oxygen atoms in total. The van der Waals surface area contributed by atoms with Crippen LogP contribution in [0.15, 0.2) is 48.1 Å². The smallest absolute Gasteiger partial charge is 0.275 e. The minimum atomic E-state index is -0.759. The van der Waals surface area contributed by atoms with Crippen LogP contribution in [0.2, 0.25) is 0 Å². The molecule has 1 atom stereocenters. The molecule has 0 radical (unpaired) electrons. The molecule has 0 aromatic heterocycles. The van der Waals surface area contributed by atoms with Gasteiger partial charge in [-0.25, -0.2) is 0 Å². The Kier molecular flexibility index (Phi) is 5.62. The Labute approximate surface area is 155 Å². The van der Waals surface area contributed by atoms with Gasteiger partial charge in [0, 0.05) is 12.5 Å². The number of hydrogen-bond donors (Lipinski definition) is 0. The number of carbonyl (C=O) groups is 2. The average Bonchev–Trinajstić information content (AvgIpc) is 3.19. The molecule has 1 aromatic rings. The maximum Gasteiger partial charge on any atom is 0.289 e. The number of rotatable bonds is 3. The molecule has 2 amide bonds. The molecule has 1 aromatic carbocycles. The van der Waals surface area contributed by atoms with Crippen molar-refractivity contribution < 1.29 is 9.59 Å². The van der Waals surface area contributed by atoms with E-state index in [1.165, 1.54) is 21.6 Å². The van der Waals surface area contributed by atoms with Crippen molar-refractivity contribution in [2.24, 2.45) is 5.41 Å². The summed E-state index contributed by atoms with van der Waals surface area (Å²) in [4.78, 5) is 25.9. The van der Waals surface area contributed by atoms with Crippen LogP contribution in [-0.4, -0.2) is 27.8 Å². The van der Waals surface area contributed by atoms with Crippen molar-refractivity contribution in [3.8, 4) is 0 Å². The van der Waals surface area contributed by atoms with Crippen molar-refractivity contribution in [1.29, 1.82) is 0 Å². The second-order valence-corrected chi connectivity index (χ2v) is 8.19. The van der Waals surface area contributed by atoms with E-state index in [1.54, 1.807) is 7.05 Å². The predicted octanol–water partition coefficient (Wildman–Crippen LogP) is 5.54. The van der Waals surface area contributed by atoms with E-state index < -0.39 is 10.2 Å². The fourth-order valence-corrected chi connectivity index (χ4v) is 4.37. The number of hydrogen-bond acceptors (Lipinski definition) is 3. The maximum absolute atomic E-state index is 12.6. The third kappa shape index (κ3) is 3.20. The summed E-state index contributed by atoms with van der Waals surface area (Å²) in [6.45, 7) is 10.0. The van der Waals surface area contributed by atoms with E-state index in [0.717, 1.165) is 18.2 Å². The van der Waals surface area contributed by atoms with Crippen molar-refractivity contribution in [3.05, 3.63) is 53.6 Å². The van der Waals surface area contributed by atoms with E-state index in [-0.39, 0.29) is 11.1 Å². The Morgan fingerprint density at radius 3 is 2.20 bits per heavy atom. The van der Waals surface area contributed by atoms with Crippen LogP contribution in [0.4, 0.5) is 4.79 Å². The van der Waals surface area contributed by atoms with Gasteiger partial charge in [-0.15, -0.1) is 0 Å². The lowest BCUT2D eigenvalue weighted by Gasteiger charge is -2.39. The average molecular weight is 358 g/mol. The first-order valence-corrected chi connectivity index (χ1v) is 9.56. The predicted molar refractivity (Wildman–Crippen MR) is 106 cm³/mol. The molecule has 1 aliphatic carbocycles. The molecular weight excluding hydrogens is 330 g/mol. The van der Waals surface area contributed by atoms with Crippen LogP contribution in [0.3, 0.4) is 0 Å². The monoisotopic (exact) mass is 357 g/mol. The summed E-state index contributed by atoms with van der Waals surface area (Å²) in [5.74, 6) is -0.105. The molecular formula is C21H27NO2S. The van der Waals surface area contributed by atoms with Gasteiger partial charge < -0.3 is 0 Å². The Morgan fingerprint density at radius 2 is 1.68 bits per heavy atom. The summed E-state index contributed by atoms with van der Waals surface area (Å²) in [5, 5.41) is -0.166. The van der Waals surface area contributed by atoms with Crippen molar-refractivity contribution in [1.82, 2.24) is 4.90 Å². The first-order chi connectivity index (χ1) is 11.8. The number of amides is 2. The van der Waals surface area contributed by atoms with Gasteiger partial charge in [-0.2, -0.15) is 0 Å². The van der Waals surface area contributed by atoms with E-state index >= 15 is 0 Å². The third-order valence-corrected chi connectivity index (χ3v) is 6.83. The minimum absolute atomic E-state index is 0.105. The van der Waals surface area contributed by atoms with Crippen molar-refractivity contribution in [2.75, 3.05) is 7.05 Å². The number of carbonyl (C=O) groups excluding carboxylic acids is 2. The Balaban J connectivity index is 0.00000109. The van der Waals surface area contributed by atoms with E-state index in [0.29, 0.717) is 0 Å². The summed E-state index contributed by atoms with van der Waals surface area (Å²) in [6.07, 6.45) is 5.06. The normalized spacial score (nSPS) is 23.2. The van der Waals surface area contributed by atoms with Gasteiger partial charge in [0.2, 0.25) is 5.91 Å². The highest BCUT2D eigenvalue weighted by molar-refractivity contribution is 8.16. The Bertz CT molecular complexity index is 734. The number of imide groups is 1. The molecule has 134 valence electrons. The highest BCUT2D eigenvalue weighted by atomic mass is 32.2. The lowest BCUT2D eigenvalue weighted by Crippen LogP contribution is -2.47. The van der Waals surface area contributed by atoms with Gasteiger partial charge in [-0.05, 0) is 36.2 Å². The number of allylic oxidation sites excluding steroid dienone is 4. The first kappa shape index (κ1) is 19.5. The molecule has 1 unspecified atom stereocenters. The molecule has 2 aliphatic rings.